The molecule has 0 spiro atoms. The molecule has 0 aliphatic heterocycles. The van der Waals surface area contributed by atoms with Crippen LogP contribution in [0.1, 0.15) is 16.3 Å². The van der Waals surface area contributed by atoms with Gasteiger partial charge in [-0.15, -0.1) is 11.3 Å². The summed E-state index contributed by atoms with van der Waals surface area (Å²) in [5.41, 5.74) is 1.60. The standard InChI is InChI=1S/C12H14N2O2S/c1-9-11(7-12(15)16)14(8-13-9)5-4-10-3-2-6-17-10/h2-3,6,8H,4-5,7H2,1H3,(H,15,16). The van der Waals surface area contributed by atoms with Gasteiger partial charge in [-0.25, -0.2) is 4.98 Å². The number of rotatable bonds is 5. The van der Waals surface area contributed by atoms with Crippen molar-refractivity contribution < 1.29 is 9.90 Å². The van der Waals surface area contributed by atoms with Crippen LogP contribution in [0, 0.1) is 6.92 Å². The fourth-order valence-electron chi connectivity index (χ4n) is 1.76. The minimum atomic E-state index is -0.814. The summed E-state index contributed by atoms with van der Waals surface area (Å²) in [7, 11) is 0. The van der Waals surface area contributed by atoms with Crippen molar-refractivity contribution in [2.45, 2.75) is 26.3 Å². The van der Waals surface area contributed by atoms with Gasteiger partial charge in [0.05, 0.1) is 24.1 Å². The normalized spacial score (nSPS) is 10.6. The third kappa shape index (κ3) is 2.94. The first-order valence-corrected chi connectivity index (χ1v) is 6.29. The highest BCUT2D eigenvalue weighted by Gasteiger charge is 2.11. The van der Waals surface area contributed by atoms with Gasteiger partial charge in [-0.3, -0.25) is 4.79 Å². The molecule has 2 aromatic heterocycles. The van der Waals surface area contributed by atoms with Gasteiger partial charge in [0.15, 0.2) is 0 Å². The van der Waals surface area contributed by atoms with E-state index in [0.717, 1.165) is 24.4 Å². The van der Waals surface area contributed by atoms with Crippen LogP contribution in [0.3, 0.4) is 0 Å². The smallest absolute Gasteiger partial charge is 0.309 e. The zero-order valence-electron chi connectivity index (χ0n) is 9.59. The number of aromatic nitrogens is 2. The first-order chi connectivity index (χ1) is 8.16. The van der Waals surface area contributed by atoms with E-state index in [-0.39, 0.29) is 6.42 Å². The molecule has 0 saturated carbocycles. The molecule has 0 fully saturated rings. The molecule has 5 heteroatoms. The van der Waals surface area contributed by atoms with E-state index in [1.807, 2.05) is 22.9 Å². The molecule has 1 N–H and O–H groups in total. The lowest BCUT2D eigenvalue weighted by atomic mass is 10.2. The van der Waals surface area contributed by atoms with E-state index in [4.69, 9.17) is 5.11 Å². The molecular weight excluding hydrogens is 236 g/mol. The molecule has 0 aliphatic rings. The van der Waals surface area contributed by atoms with Gasteiger partial charge < -0.3 is 9.67 Å². The number of aryl methyl sites for hydroxylation is 3. The van der Waals surface area contributed by atoms with Gasteiger partial charge in [-0.2, -0.15) is 0 Å². The maximum Gasteiger partial charge on any atom is 0.309 e. The molecule has 0 aliphatic carbocycles. The lowest BCUT2D eigenvalue weighted by Gasteiger charge is -2.06. The van der Waals surface area contributed by atoms with Crippen LogP contribution in [0.25, 0.3) is 0 Å². The monoisotopic (exact) mass is 250 g/mol. The first-order valence-electron chi connectivity index (χ1n) is 5.41. The Hall–Kier alpha value is -1.62. The van der Waals surface area contributed by atoms with Gasteiger partial charge in [0, 0.05) is 11.4 Å². The number of imidazole rings is 1. The van der Waals surface area contributed by atoms with Crippen LogP contribution in [0.15, 0.2) is 23.8 Å². The molecule has 0 aromatic carbocycles. The highest BCUT2D eigenvalue weighted by atomic mass is 32.1. The summed E-state index contributed by atoms with van der Waals surface area (Å²) in [6.07, 6.45) is 2.68. The van der Waals surface area contributed by atoms with Crippen molar-refractivity contribution in [2.75, 3.05) is 0 Å². The average molecular weight is 250 g/mol. The molecule has 4 nitrogen and oxygen atoms in total. The minimum absolute atomic E-state index is 0.0380. The zero-order chi connectivity index (χ0) is 12.3. The van der Waals surface area contributed by atoms with Crippen molar-refractivity contribution in [3.8, 4) is 0 Å². The second-order valence-corrected chi connectivity index (χ2v) is 4.90. The summed E-state index contributed by atoms with van der Waals surface area (Å²) in [5.74, 6) is -0.814. The molecule has 0 radical (unpaired) electrons. The minimum Gasteiger partial charge on any atom is -0.481 e. The molecule has 0 atom stereocenters. The Kier molecular flexibility index (Phi) is 3.58. The Balaban J connectivity index is 2.07. The van der Waals surface area contributed by atoms with E-state index >= 15 is 0 Å². The van der Waals surface area contributed by atoms with Crippen LogP contribution < -0.4 is 0 Å². The molecular formula is C12H14N2O2S. The number of carbonyl (C=O) groups is 1. The summed E-state index contributed by atoms with van der Waals surface area (Å²) in [6, 6.07) is 4.11. The Bertz CT molecular complexity index is 503. The molecule has 2 aromatic rings. The van der Waals surface area contributed by atoms with E-state index in [1.165, 1.54) is 4.88 Å². The fraction of sp³-hybridized carbons (Fsp3) is 0.333. The van der Waals surface area contributed by atoms with Gasteiger partial charge >= 0.3 is 5.97 Å². The van der Waals surface area contributed by atoms with E-state index < -0.39 is 5.97 Å². The summed E-state index contributed by atoms with van der Waals surface area (Å²) in [5, 5.41) is 10.9. The van der Waals surface area contributed by atoms with E-state index in [0.29, 0.717) is 0 Å². The summed E-state index contributed by atoms with van der Waals surface area (Å²) in [4.78, 5) is 16.2. The number of aliphatic carboxylic acids is 1. The second-order valence-electron chi connectivity index (χ2n) is 3.87. The lowest BCUT2D eigenvalue weighted by Crippen LogP contribution is -2.10. The number of thiophene rings is 1. The van der Waals surface area contributed by atoms with Crippen molar-refractivity contribution in [3.63, 3.8) is 0 Å². The number of carboxylic acid groups (broad SMARTS) is 1. The maximum atomic E-state index is 10.8. The molecule has 0 saturated heterocycles. The zero-order valence-corrected chi connectivity index (χ0v) is 10.4. The van der Waals surface area contributed by atoms with Gasteiger partial charge in [-0.05, 0) is 24.8 Å². The topological polar surface area (TPSA) is 55.1 Å². The fourth-order valence-corrected chi connectivity index (χ4v) is 2.46. The number of hydrogen-bond donors (Lipinski definition) is 1. The van der Waals surface area contributed by atoms with Crippen LogP contribution >= 0.6 is 11.3 Å². The van der Waals surface area contributed by atoms with E-state index in [2.05, 4.69) is 11.1 Å². The van der Waals surface area contributed by atoms with Crippen LogP contribution in [0.5, 0.6) is 0 Å². The van der Waals surface area contributed by atoms with Crippen molar-refractivity contribution in [2.24, 2.45) is 0 Å². The third-order valence-electron chi connectivity index (χ3n) is 2.65. The molecule has 0 amide bonds. The summed E-state index contributed by atoms with van der Waals surface area (Å²) >= 11 is 1.72. The van der Waals surface area contributed by atoms with Crippen molar-refractivity contribution >= 4 is 17.3 Å². The summed E-state index contributed by atoms with van der Waals surface area (Å²) in [6.45, 7) is 2.63. The van der Waals surface area contributed by atoms with E-state index in [1.54, 1.807) is 17.7 Å². The van der Waals surface area contributed by atoms with Gasteiger partial charge in [0.2, 0.25) is 0 Å². The second kappa shape index (κ2) is 5.14. The van der Waals surface area contributed by atoms with Crippen molar-refractivity contribution in [1.82, 2.24) is 9.55 Å². The molecule has 0 unspecified atom stereocenters. The third-order valence-corrected chi connectivity index (χ3v) is 3.59. The number of hydrogen-bond acceptors (Lipinski definition) is 3. The van der Waals surface area contributed by atoms with Crippen LogP contribution in [-0.4, -0.2) is 20.6 Å². The predicted molar refractivity (Wildman–Crippen MR) is 66.3 cm³/mol. The number of carboxylic acids is 1. The first kappa shape index (κ1) is 11.9. The maximum absolute atomic E-state index is 10.8. The van der Waals surface area contributed by atoms with Gasteiger partial charge in [-0.1, -0.05) is 6.07 Å². The lowest BCUT2D eigenvalue weighted by molar-refractivity contribution is -0.136. The van der Waals surface area contributed by atoms with Crippen molar-refractivity contribution in [3.05, 3.63) is 40.1 Å². The van der Waals surface area contributed by atoms with Gasteiger partial charge in [0.25, 0.3) is 0 Å². The van der Waals surface area contributed by atoms with Crippen LogP contribution in [0.4, 0.5) is 0 Å². The molecule has 90 valence electrons. The molecule has 0 bridgehead atoms. The molecule has 2 rings (SSSR count). The Labute approximate surface area is 104 Å². The Morgan fingerprint density at radius 1 is 1.59 bits per heavy atom. The van der Waals surface area contributed by atoms with Crippen LogP contribution in [-0.2, 0) is 24.2 Å². The summed E-state index contributed by atoms with van der Waals surface area (Å²) < 4.78 is 1.93. The quantitative estimate of drug-likeness (QED) is 0.884. The number of nitrogens with zero attached hydrogens (tertiary/aromatic N) is 2. The highest BCUT2D eigenvalue weighted by Crippen LogP contribution is 2.13. The molecule has 17 heavy (non-hydrogen) atoms. The molecule has 2 heterocycles. The SMILES string of the molecule is Cc1ncn(CCc2cccs2)c1CC(=O)O. The Morgan fingerprint density at radius 2 is 2.41 bits per heavy atom. The van der Waals surface area contributed by atoms with Crippen LogP contribution in [0.2, 0.25) is 0 Å². The van der Waals surface area contributed by atoms with E-state index in [9.17, 15) is 4.79 Å². The predicted octanol–water partition coefficient (Wildman–Crippen LogP) is 2.12. The average Bonchev–Trinajstić information content (AvgIpc) is 2.88. The Morgan fingerprint density at radius 3 is 3.06 bits per heavy atom. The largest absolute Gasteiger partial charge is 0.481 e. The van der Waals surface area contributed by atoms with Crippen molar-refractivity contribution in [1.29, 1.82) is 0 Å². The van der Waals surface area contributed by atoms with Gasteiger partial charge in [0.1, 0.15) is 0 Å². The highest BCUT2D eigenvalue weighted by molar-refractivity contribution is 7.09.